The molecule has 1 heterocycles. The molecular weight excluding hydrogens is 242 g/mol. The van der Waals surface area contributed by atoms with E-state index in [0.29, 0.717) is 0 Å². The maximum Gasteiger partial charge on any atom is 0.0832 e. The van der Waals surface area contributed by atoms with Crippen LogP contribution in [0.25, 0.3) is 0 Å². The Balaban J connectivity index is 2.45. The quantitative estimate of drug-likeness (QED) is 0.747. The van der Waals surface area contributed by atoms with Crippen LogP contribution < -0.4 is 5.32 Å². The van der Waals surface area contributed by atoms with Crippen LogP contribution >= 0.6 is 15.9 Å². The van der Waals surface area contributed by atoms with Gasteiger partial charge in [-0.1, -0.05) is 15.9 Å². The van der Waals surface area contributed by atoms with Gasteiger partial charge in [0.05, 0.1) is 6.10 Å². The second-order valence-corrected chi connectivity index (χ2v) is 5.38. The summed E-state index contributed by atoms with van der Waals surface area (Å²) in [5, 5.41) is 13.4. The number of halogens is 1. The second kappa shape index (κ2) is 3.24. The summed E-state index contributed by atoms with van der Waals surface area (Å²) in [6.07, 6.45) is 0.384. The summed E-state index contributed by atoms with van der Waals surface area (Å²) in [6.45, 7) is 4.20. The van der Waals surface area contributed by atoms with E-state index in [1.165, 1.54) is 0 Å². The number of hydrogen-bond acceptors (Lipinski definition) is 2. The van der Waals surface area contributed by atoms with E-state index in [9.17, 15) is 5.11 Å². The Hall–Kier alpha value is -0.540. The van der Waals surface area contributed by atoms with Crippen molar-refractivity contribution in [3.63, 3.8) is 0 Å². The van der Waals surface area contributed by atoms with Crippen LogP contribution in [-0.2, 0) is 0 Å². The number of anilines is 1. The maximum atomic E-state index is 9.96. The summed E-state index contributed by atoms with van der Waals surface area (Å²) < 4.78 is 1.01. The monoisotopic (exact) mass is 255 g/mol. The van der Waals surface area contributed by atoms with Crippen molar-refractivity contribution in [3.8, 4) is 0 Å². The van der Waals surface area contributed by atoms with Crippen molar-refractivity contribution < 1.29 is 5.11 Å². The molecule has 1 aliphatic rings. The molecule has 1 atom stereocenters. The van der Waals surface area contributed by atoms with Crippen LogP contribution in [0.3, 0.4) is 0 Å². The molecule has 0 radical (unpaired) electrons. The molecule has 2 nitrogen and oxygen atoms in total. The third kappa shape index (κ3) is 1.79. The Morgan fingerprint density at radius 2 is 2.21 bits per heavy atom. The summed E-state index contributed by atoms with van der Waals surface area (Å²) >= 11 is 3.41. The Labute approximate surface area is 92.5 Å². The van der Waals surface area contributed by atoms with E-state index in [1.807, 2.05) is 18.2 Å². The molecule has 76 valence electrons. The first-order chi connectivity index (χ1) is 6.48. The molecular formula is C11H14BrNO. The Morgan fingerprint density at radius 3 is 2.93 bits per heavy atom. The minimum atomic E-state index is -0.362. The zero-order valence-corrected chi connectivity index (χ0v) is 9.93. The molecule has 1 aromatic rings. The lowest BCUT2D eigenvalue weighted by molar-refractivity contribution is 0.140. The van der Waals surface area contributed by atoms with Gasteiger partial charge < -0.3 is 10.4 Å². The van der Waals surface area contributed by atoms with E-state index in [4.69, 9.17) is 0 Å². The molecule has 1 aliphatic heterocycles. The van der Waals surface area contributed by atoms with Crippen molar-refractivity contribution in [3.05, 3.63) is 28.2 Å². The first-order valence-corrected chi connectivity index (χ1v) is 5.53. The minimum Gasteiger partial charge on any atom is -0.388 e. The number of aliphatic hydroxyl groups excluding tert-OH is 1. The van der Waals surface area contributed by atoms with Gasteiger partial charge in [-0.15, -0.1) is 0 Å². The van der Waals surface area contributed by atoms with E-state index < -0.39 is 0 Å². The summed E-state index contributed by atoms with van der Waals surface area (Å²) in [5.41, 5.74) is 2.00. The third-order valence-corrected chi connectivity index (χ3v) is 3.04. The number of hydrogen-bond donors (Lipinski definition) is 2. The Bertz CT molecular complexity index is 362. The molecule has 0 aliphatic carbocycles. The van der Waals surface area contributed by atoms with Crippen LogP contribution in [0.1, 0.15) is 31.9 Å². The van der Waals surface area contributed by atoms with Crippen LogP contribution in [0.15, 0.2) is 22.7 Å². The normalized spacial score (nSPS) is 23.9. The van der Waals surface area contributed by atoms with Crippen molar-refractivity contribution in [1.29, 1.82) is 0 Å². The van der Waals surface area contributed by atoms with Gasteiger partial charge in [0.1, 0.15) is 0 Å². The fourth-order valence-corrected chi connectivity index (χ4v) is 2.31. The number of rotatable bonds is 0. The van der Waals surface area contributed by atoms with Crippen LogP contribution in [0.4, 0.5) is 5.69 Å². The lowest BCUT2D eigenvalue weighted by atomic mass is 9.87. The molecule has 0 saturated heterocycles. The fraction of sp³-hybridized carbons (Fsp3) is 0.455. The SMILES string of the molecule is CC1(C)C[C@H](O)c2cc(Br)ccc2N1. The summed E-state index contributed by atoms with van der Waals surface area (Å²) in [6, 6.07) is 5.96. The molecule has 0 spiro atoms. The topological polar surface area (TPSA) is 32.3 Å². The van der Waals surface area contributed by atoms with Gasteiger partial charge in [0, 0.05) is 27.7 Å². The van der Waals surface area contributed by atoms with Gasteiger partial charge in [0.15, 0.2) is 0 Å². The molecule has 0 unspecified atom stereocenters. The smallest absolute Gasteiger partial charge is 0.0832 e. The largest absolute Gasteiger partial charge is 0.388 e. The average molecular weight is 256 g/mol. The number of fused-ring (bicyclic) bond motifs is 1. The molecule has 0 amide bonds. The molecule has 14 heavy (non-hydrogen) atoms. The number of benzene rings is 1. The molecule has 3 heteroatoms. The van der Waals surface area contributed by atoms with Crippen molar-refractivity contribution >= 4 is 21.6 Å². The predicted octanol–water partition coefficient (Wildman–Crippen LogP) is 3.08. The molecule has 0 aromatic heterocycles. The van der Waals surface area contributed by atoms with Gasteiger partial charge in [-0.3, -0.25) is 0 Å². The highest BCUT2D eigenvalue weighted by molar-refractivity contribution is 9.10. The van der Waals surface area contributed by atoms with E-state index in [2.05, 4.69) is 35.1 Å². The average Bonchev–Trinajstić information content (AvgIpc) is 2.05. The van der Waals surface area contributed by atoms with Gasteiger partial charge in [-0.25, -0.2) is 0 Å². The minimum absolute atomic E-state index is 0.0275. The molecule has 0 fully saturated rings. The van der Waals surface area contributed by atoms with Crippen molar-refractivity contribution in [2.24, 2.45) is 0 Å². The molecule has 2 rings (SSSR count). The fourth-order valence-electron chi connectivity index (χ4n) is 1.93. The van der Waals surface area contributed by atoms with E-state index in [-0.39, 0.29) is 11.6 Å². The van der Waals surface area contributed by atoms with Crippen LogP contribution in [0, 0.1) is 0 Å². The Kier molecular flexibility index (Phi) is 2.32. The van der Waals surface area contributed by atoms with Gasteiger partial charge in [-0.2, -0.15) is 0 Å². The predicted molar refractivity (Wildman–Crippen MR) is 61.4 cm³/mol. The highest BCUT2D eigenvalue weighted by atomic mass is 79.9. The maximum absolute atomic E-state index is 9.96. The first-order valence-electron chi connectivity index (χ1n) is 4.74. The van der Waals surface area contributed by atoms with E-state index >= 15 is 0 Å². The van der Waals surface area contributed by atoms with E-state index in [1.54, 1.807) is 0 Å². The molecule has 0 bridgehead atoms. The molecule has 2 N–H and O–H groups in total. The lowest BCUT2D eigenvalue weighted by Crippen LogP contribution is -2.37. The molecule has 1 aromatic carbocycles. The number of nitrogens with one attached hydrogen (secondary N) is 1. The highest BCUT2D eigenvalue weighted by Crippen LogP contribution is 2.38. The van der Waals surface area contributed by atoms with Crippen LogP contribution in [0.5, 0.6) is 0 Å². The first kappa shape index (κ1) is 9.99. The van der Waals surface area contributed by atoms with Gasteiger partial charge in [0.2, 0.25) is 0 Å². The van der Waals surface area contributed by atoms with Crippen LogP contribution in [0.2, 0.25) is 0 Å². The van der Waals surface area contributed by atoms with Gasteiger partial charge >= 0.3 is 0 Å². The summed E-state index contributed by atoms with van der Waals surface area (Å²) in [7, 11) is 0. The molecule has 0 saturated carbocycles. The van der Waals surface area contributed by atoms with Crippen LogP contribution in [-0.4, -0.2) is 10.6 Å². The van der Waals surface area contributed by atoms with Crippen molar-refractivity contribution in [2.45, 2.75) is 31.9 Å². The summed E-state index contributed by atoms with van der Waals surface area (Å²) in [5.74, 6) is 0. The van der Waals surface area contributed by atoms with Gasteiger partial charge in [-0.05, 0) is 32.0 Å². The van der Waals surface area contributed by atoms with E-state index in [0.717, 1.165) is 22.1 Å². The van der Waals surface area contributed by atoms with Gasteiger partial charge in [0.25, 0.3) is 0 Å². The highest BCUT2D eigenvalue weighted by Gasteiger charge is 2.30. The van der Waals surface area contributed by atoms with Crippen molar-refractivity contribution in [2.75, 3.05) is 5.32 Å². The van der Waals surface area contributed by atoms with Crippen molar-refractivity contribution in [1.82, 2.24) is 0 Å². The zero-order chi connectivity index (χ0) is 10.3. The zero-order valence-electron chi connectivity index (χ0n) is 8.34. The standard InChI is InChI=1S/C11H14BrNO/c1-11(2)6-10(14)8-5-7(12)3-4-9(8)13-11/h3-5,10,13-14H,6H2,1-2H3/t10-/m0/s1. The third-order valence-electron chi connectivity index (χ3n) is 2.55. The summed E-state index contributed by atoms with van der Waals surface area (Å²) in [4.78, 5) is 0. The lowest BCUT2D eigenvalue weighted by Gasteiger charge is -2.36. The number of aliphatic hydroxyl groups is 1. The Morgan fingerprint density at radius 1 is 1.50 bits per heavy atom. The second-order valence-electron chi connectivity index (χ2n) is 4.46.